The Morgan fingerprint density at radius 2 is 1.95 bits per heavy atom. The van der Waals surface area contributed by atoms with E-state index in [1.54, 1.807) is 12.1 Å². The Bertz CT molecular complexity index is 714. The topological polar surface area (TPSA) is 40.5 Å². The first-order chi connectivity index (χ1) is 10.0. The molecule has 0 saturated carbocycles. The minimum atomic E-state index is -0.915. The number of rotatable bonds is 2. The highest BCUT2D eigenvalue weighted by Gasteiger charge is 2.38. The van der Waals surface area contributed by atoms with E-state index in [0.29, 0.717) is 16.1 Å². The Morgan fingerprint density at radius 3 is 2.67 bits per heavy atom. The van der Waals surface area contributed by atoms with Crippen LogP contribution in [0.1, 0.15) is 46.2 Å². The number of carbonyl (C=O) groups excluding carboxylic acids is 1. The van der Waals surface area contributed by atoms with E-state index in [1.165, 1.54) is 4.90 Å². The van der Waals surface area contributed by atoms with Crippen LogP contribution in [0.3, 0.4) is 0 Å². The SMILES string of the molecule is Cc1ccc(Cl)cc1C(C)N1C(=O)c2ccccc2C1O. The maximum absolute atomic E-state index is 12.6. The van der Waals surface area contributed by atoms with Gasteiger partial charge in [-0.05, 0) is 43.2 Å². The van der Waals surface area contributed by atoms with Gasteiger partial charge in [0.25, 0.3) is 5.91 Å². The van der Waals surface area contributed by atoms with Gasteiger partial charge in [-0.3, -0.25) is 4.79 Å². The van der Waals surface area contributed by atoms with E-state index in [2.05, 4.69) is 0 Å². The number of aliphatic hydroxyl groups is 1. The number of hydrogen-bond donors (Lipinski definition) is 1. The molecule has 0 fully saturated rings. The number of hydrogen-bond acceptors (Lipinski definition) is 2. The number of benzene rings is 2. The minimum Gasteiger partial charge on any atom is -0.369 e. The summed E-state index contributed by atoms with van der Waals surface area (Å²) in [6.45, 7) is 3.88. The summed E-state index contributed by atoms with van der Waals surface area (Å²) in [7, 11) is 0. The van der Waals surface area contributed by atoms with Crippen molar-refractivity contribution in [3.63, 3.8) is 0 Å². The molecule has 0 aromatic heterocycles. The van der Waals surface area contributed by atoms with E-state index in [0.717, 1.165) is 11.1 Å². The third-order valence-corrected chi connectivity index (χ3v) is 4.31. The highest BCUT2D eigenvalue weighted by Crippen LogP contribution is 2.39. The standard InChI is InChI=1S/C17H16ClNO2/c1-10-7-8-12(18)9-15(10)11(2)19-16(20)13-5-3-4-6-14(13)17(19)21/h3-9,11,16,20H,1-2H3. The van der Waals surface area contributed by atoms with Crippen molar-refractivity contribution >= 4 is 17.5 Å². The quantitative estimate of drug-likeness (QED) is 0.915. The maximum Gasteiger partial charge on any atom is 0.257 e. The molecule has 108 valence electrons. The molecule has 0 radical (unpaired) electrons. The van der Waals surface area contributed by atoms with E-state index in [1.807, 2.05) is 44.2 Å². The Morgan fingerprint density at radius 1 is 1.24 bits per heavy atom. The highest BCUT2D eigenvalue weighted by molar-refractivity contribution is 6.30. The predicted molar refractivity (Wildman–Crippen MR) is 82.2 cm³/mol. The van der Waals surface area contributed by atoms with E-state index in [-0.39, 0.29) is 11.9 Å². The van der Waals surface area contributed by atoms with E-state index < -0.39 is 6.23 Å². The lowest BCUT2D eigenvalue weighted by Crippen LogP contribution is -2.31. The normalized spacial score (nSPS) is 18.8. The fraction of sp³-hybridized carbons (Fsp3) is 0.235. The molecule has 0 aliphatic carbocycles. The Hall–Kier alpha value is -1.84. The molecule has 1 heterocycles. The average molecular weight is 302 g/mol. The zero-order chi connectivity index (χ0) is 15.1. The smallest absolute Gasteiger partial charge is 0.257 e. The maximum atomic E-state index is 12.6. The average Bonchev–Trinajstić information content (AvgIpc) is 2.73. The molecular formula is C17H16ClNO2. The van der Waals surface area contributed by atoms with Gasteiger partial charge < -0.3 is 10.0 Å². The van der Waals surface area contributed by atoms with Crippen molar-refractivity contribution in [1.29, 1.82) is 0 Å². The zero-order valence-corrected chi connectivity index (χ0v) is 12.6. The predicted octanol–water partition coefficient (Wildman–Crippen LogP) is 3.86. The first-order valence-electron chi connectivity index (χ1n) is 6.86. The lowest BCUT2D eigenvalue weighted by atomic mass is 10.0. The second-order valence-corrected chi connectivity index (χ2v) is 5.79. The Kier molecular flexibility index (Phi) is 3.47. The molecule has 2 aromatic rings. The first kappa shape index (κ1) is 14.1. The molecule has 1 N–H and O–H groups in total. The van der Waals surface area contributed by atoms with E-state index in [4.69, 9.17) is 11.6 Å². The minimum absolute atomic E-state index is 0.148. The number of aryl methyl sites for hydroxylation is 1. The van der Waals surface area contributed by atoms with Crippen molar-refractivity contribution in [2.45, 2.75) is 26.1 Å². The lowest BCUT2D eigenvalue weighted by Gasteiger charge is -2.29. The van der Waals surface area contributed by atoms with Gasteiger partial charge in [0, 0.05) is 16.1 Å². The zero-order valence-electron chi connectivity index (χ0n) is 11.9. The number of amides is 1. The van der Waals surface area contributed by atoms with Crippen LogP contribution >= 0.6 is 11.6 Å². The van der Waals surface area contributed by atoms with Crippen LogP contribution in [0.5, 0.6) is 0 Å². The van der Waals surface area contributed by atoms with Crippen LogP contribution in [0.25, 0.3) is 0 Å². The second kappa shape index (κ2) is 5.17. The fourth-order valence-corrected chi connectivity index (χ4v) is 3.10. The molecule has 0 spiro atoms. The number of carbonyl (C=O) groups is 1. The number of aliphatic hydroxyl groups excluding tert-OH is 1. The summed E-state index contributed by atoms with van der Waals surface area (Å²) < 4.78 is 0. The van der Waals surface area contributed by atoms with Crippen LogP contribution in [-0.2, 0) is 0 Å². The molecule has 3 rings (SSSR count). The van der Waals surface area contributed by atoms with Crippen LogP contribution < -0.4 is 0 Å². The molecule has 4 heteroatoms. The molecule has 2 atom stereocenters. The van der Waals surface area contributed by atoms with Gasteiger partial charge in [0.1, 0.15) is 0 Å². The van der Waals surface area contributed by atoms with Gasteiger partial charge in [-0.2, -0.15) is 0 Å². The van der Waals surface area contributed by atoms with Gasteiger partial charge in [-0.15, -0.1) is 0 Å². The van der Waals surface area contributed by atoms with Gasteiger partial charge in [0.15, 0.2) is 6.23 Å². The Labute approximate surface area is 128 Å². The van der Waals surface area contributed by atoms with Crippen molar-refractivity contribution in [3.8, 4) is 0 Å². The fourth-order valence-electron chi connectivity index (χ4n) is 2.92. The van der Waals surface area contributed by atoms with E-state index >= 15 is 0 Å². The van der Waals surface area contributed by atoms with Gasteiger partial charge in [-0.25, -0.2) is 0 Å². The second-order valence-electron chi connectivity index (χ2n) is 5.35. The van der Waals surface area contributed by atoms with Crippen molar-refractivity contribution in [2.24, 2.45) is 0 Å². The summed E-state index contributed by atoms with van der Waals surface area (Å²) in [5, 5.41) is 11.1. The monoisotopic (exact) mass is 301 g/mol. The molecule has 2 unspecified atom stereocenters. The summed E-state index contributed by atoms with van der Waals surface area (Å²) in [6, 6.07) is 12.5. The van der Waals surface area contributed by atoms with Crippen molar-refractivity contribution in [3.05, 3.63) is 69.7 Å². The van der Waals surface area contributed by atoms with Crippen LogP contribution in [0.15, 0.2) is 42.5 Å². The largest absolute Gasteiger partial charge is 0.369 e. The molecule has 1 aliphatic rings. The number of halogens is 1. The molecule has 0 bridgehead atoms. The highest BCUT2D eigenvalue weighted by atomic mass is 35.5. The number of nitrogens with zero attached hydrogens (tertiary/aromatic N) is 1. The summed E-state index contributed by atoms with van der Waals surface area (Å²) in [5.74, 6) is -0.148. The summed E-state index contributed by atoms with van der Waals surface area (Å²) >= 11 is 6.06. The first-order valence-corrected chi connectivity index (χ1v) is 7.24. The van der Waals surface area contributed by atoms with Gasteiger partial charge in [0.05, 0.1) is 6.04 Å². The van der Waals surface area contributed by atoms with Gasteiger partial charge >= 0.3 is 0 Å². The molecule has 3 nitrogen and oxygen atoms in total. The molecule has 1 amide bonds. The third-order valence-electron chi connectivity index (χ3n) is 4.08. The molecule has 1 aliphatic heterocycles. The van der Waals surface area contributed by atoms with Gasteiger partial charge in [0.2, 0.25) is 0 Å². The summed E-state index contributed by atoms with van der Waals surface area (Å²) in [4.78, 5) is 14.1. The third kappa shape index (κ3) is 2.23. The molecule has 21 heavy (non-hydrogen) atoms. The molecular weight excluding hydrogens is 286 g/mol. The molecule has 0 saturated heterocycles. The van der Waals surface area contributed by atoms with E-state index in [9.17, 15) is 9.90 Å². The van der Waals surface area contributed by atoms with Crippen LogP contribution in [0.4, 0.5) is 0 Å². The van der Waals surface area contributed by atoms with Crippen LogP contribution in [-0.4, -0.2) is 15.9 Å². The van der Waals surface area contributed by atoms with Gasteiger partial charge in [-0.1, -0.05) is 35.9 Å². The van der Waals surface area contributed by atoms with Crippen LogP contribution in [0, 0.1) is 6.92 Å². The van der Waals surface area contributed by atoms with Crippen molar-refractivity contribution < 1.29 is 9.90 Å². The summed E-state index contributed by atoms with van der Waals surface area (Å²) in [6.07, 6.45) is -0.915. The Balaban J connectivity index is 2.02. The van der Waals surface area contributed by atoms with Crippen molar-refractivity contribution in [2.75, 3.05) is 0 Å². The lowest BCUT2D eigenvalue weighted by molar-refractivity contribution is -0.000414. The summed E-state index contributed by atoms with van der Waals surface area (Å²) in [5.41, 5.74) is 3.22. The van der Waals surface area contributed by atoms with Crippen LogP contribution in [0.2, 0.25) is 5.02 Å². The molecule has 2 aromatic carbocycles. The van der Waals surface area contributed by atoms with Crippen molar-refractivity contribution in [1.82, 2.24) is 4.90 Å². The number of fused-ring (bicyclic) bond motifs is 1.